The normalized spacial score (nSPS) is 11.7. The summed E-state index contributed by atoms with van der Waals surface area (Å²) in [5.41, 5.74) is 0.0322. The first-order valence-electron chi connectivity index (χ1n) is 8.76. The summed E-state index contributed by atoms with van der Waals surface area (Å²) < 4.78 is 52.1. The van der Waals surface area contributed by atoms with Crippen molar-refractivity contribution < 1.29 is 22.4 Å². The number of rotatable bonds is 3. The lowest BCUT2D eigenvalue weighted by molar-refractivity contribution is -0.139. The van der Waals surface area contributed by atoms with Crippen LogP contribution in [0.15, 0.2) is 54.6 Å². The molecule has 0 radical (unpaired) electrons. The van der Waals surface area contributed by atoms with Crippen molar-refractivity contribution in [3.8, 4) is 11.4 Å². The van der Waals surface area contributed by atoms with Crippen LogP contribution >= 0.6 is 23.2 Å². The average Bonchev–Trinajstić information content (AvgIpc) is 3.11. The van der Waals surface area contributed by atoms with E-state index in [1.54, 1.807) is 24.3 Å². The van der Waals surface area contributed by atoms with Gasteiger partial charge in [-0.1, -0.05) is 29.3 Å². The number of nitrogens with one attached hydrogen (secondary N) is 2. The smallest absolute Gasteiger partial charge is 0.338 e. The maximum atomic E-state index is 13.4. The molecule has 0 atom stereocenters. The average molecular weight is 468 g/mol. The molecular formula is C21H11Cl2F4N3O. The Labute approximate surface area is 182 Å². The zero-order valence-electron chi connectivity index (χ0n) is 15.3. The Hall–Kier alpha value is -3.10. The van der Waals surface area contributed by atoms with Crippen LogP contribution in [0.1, 0.15) is 15.9 Å². The van der Waals surface area contributed by atoms with Crippen LogP contribution in [0.3, 0.4) is 0 Å². The molecule has 1 aromatic heterocycles. The van der Waals surface area contributed by atoms with Gasteiger partial charge in [0.15, 0.2) is 0 Å². The number of hydrogen-bond acceptors (Lipinski definition) is 2. The number of benzene rings is 3. The quantitative estimate of drug-likeness (QED) is 0.320. The van der Waals surface area contributed by atoms with Crippen LogP contribution in [0.25, 0.3) is 22.4 Å². The van der Waals surface area contributed by atoms with Gasteiger partial charge in [0.2, 0.25) is 0 Å². The topological polar surface area (TPSA) is 57.8 Å². The molecule has 1 amide bonds. The minimum atomic E-state index is -4.88. The van der Waals surface area contributed by atoms with E-state index in [4.69, 9.17) is 23.2 Å². The summed E-state index contributed by atoms with van der Waals surface area (Å²) in [6, 6.07) is 11.8. The summed E-state index contributed by atoms with van der Waals surface area (Å²) in [5, 5.41) is 3.12. The number of nitrogens with zero attached hydrogens (tertiary/aromatic N) is 1. The Morgan fingerprint density at radius 2 is 1.71 bits per heavy atom. The summed E-state index contributed by atoms with van der Waals surface area (Å²) in [4.78, 5) is 20.0. The van der Waals surface area contributed by atoms with Gasteiger partial charge in [0.1, 0.15) is 11.6 Å². The number of hydrogen-bond donors (Lipinski definition) is 2. The van der Waals surface area contributed by atoms with Crippen LogP contribution < -0.4 is 5.32 Å². The number of H-pyrrole nitrogens is 1. The van der Waals surface area contributed by atoms with Gasteiger partial charge in [-0.2, -0.15) is 13.2 Å². The van der Waals surface area contributed by atoms with Gasteiger partial charge in [-0.15, -0.1) is 0 Å². The Bertz CT molecular complexity index is 1300. The number of amides is 1. The lowest BCUT2D eigenvalue weighted by Gasteiger charge is -2.11. The molecule has 0 unspecified atom stereocenters. The van der Waals surface area contributed by atoms with Crippen LogP contribution in [0, 0.1) is 5.82 Å². The van der Waals surface area contributed by atoms with E-state index in [1.807, 2.05) is 0 Å². The monoisotopic (exact) mass is 467 g/mol. The van der Waals surface area contributed by atoms with Crippen molar-refractivity contribution in [2.24, 2.45) is 0 Å². The van der Waals surface area contributed by atoms with Crippen molar-refractivity contribution in [1.82, 2.24) is 9.97 Å². The Morgan fingerprint density at radius 1 is 1.00 bits per heavy atom. The number of aromatic amines is 1. The molecule has 0 spiro atoms. The number of carbonyl (C=O) groups is 1. The van der Waals surface area contributed by atoms with Crippen molar-refractivity contribution in [3.05, 3.63) is 81.6 Å². The number of carbonyl (C=O) groups excluding carboxylic acids is 1. The molecular weight excluding hydrogens is 457 g/mol. The zero-order chi connectivity index (χ0) is 22.3. The largest absolute Gasteiger partial charge is 0.419 e. The molecule has 0 saturated carbocycles. The van der Waals surface area contributed by atoms with Crippen LogP contribution in [0.2, 0.25) is 10.0 Å². The van der Waals surface area contributed by atoms with E-state index in [2.05, 4.69) is 15.3 Å². The molecule has 1 heterocycles. The maximum Gasteiger partial charge on any atom is 0.419 e. The predicted molar refractivity (Wildman–Crippen MR) is 111 cm³/mol. The molecule has 0 saturated heterocycles. The second-order valence-electron chi connectivity index (χ2n) is 6.56. The highest BCUT2D eigenvalue weighted by atomic mass is 35.5. The van der Waals surface area contributed by atoms with E-state index in [-0.39, 0.29) is 11.3 Å². The van der Waals surface area contributed by atoms with Gasteiger partial charge in [0.05, 0.1) is 32.2 Å². The van der Waals surface area contributed by atoms with Crippen LogP contribution in [-0.4, -0.2) is 15.9 Å². The first-order chi connectivity index (χ1) is 14.6. The standard InChI is InChI=1S/C21H11Cl2F4N3O/c22-13-2-1-3-14(23)18(13)19-29-16-7-4-10(8-17(16)30-19)20(31)28-11-5-6-15(24)12(9-11)21(25,26)27/h1-9H,(H,28,31)(H,29,30). The van der Waals surface area contributed by atoms with Gasteiger partial charge in [0, 0.05) is 11.3 Å². The summed E-state index contributed by atoms with van der Waals surface area (Å²) in [6.45, 7) is 0. The lowest BCUT2D eigenvalue weighted by atomic mass is 10.1. The zero-order valence-corrected chi connectivity index (χ0v) is 16.8. The summed E-state index contributed by atoms with van der Waals surface area (Å²) in [6.07, 6.45) is -4.88. The van der Waals surface area contributed by atoms with Gasteiger partial charge < -0.3 is 10.3 Å². The van der Waals surface area contributed by atoms with Gasteiger partial charge in [-0.3, -0.25) is 4.79 Å². The second kappa shape index (κ2) is 7.86. The molecule has 3 aromatic carbocycles. The maximum absolute atomic E-state index is 13.4. The fraction of sp³-hybridized carbons (Fsp3) is 0.0476. The number of anilines is 1. The van der Waals surface area contributed by atoms with Crippen molar-refractivity contribution in [1.29, 1.82) is 0 Å². The van der Waals surface area contributed by atoms with Crippen molar-refractivity contribution >= 4 is 45.8 Å². The molecule has 0 aliphatic carbocycles. The highest BCUT2D eigenvalue weighted by molar-refractivity contribution is 6.39. The van der Waals surface area contributed by atoms with E-state index >= 15 is 0 Å². The first kappa shape index (κ1) is 21.1. The minimum Gasteiger partial charge on any atom is -0.338 e. The van der Waals surface area contributed by atoms with E-state index in [9.17, 15) is 22.4 Å². The molecule has 0 aliphatic rings. The molecule has 31 heavy (non-hydrogen) atoms. The van der Waals surface area contributed by atoms with E-state index in [0.29, 0.717) is 44.6 Å². The van der Waals surface area contributed by atoms with Crippen molar-refractivity contribution in [3.63, 3.8) is 0 Å². The van der Waals surface area contributed by atoms with E-state index < -0.39 is 23.5 Å². The molecule has 4 aromatic rings. The third kappa shape index (κ3) is 4.22. The fourth-order valence-corrected chi connectivity index (χ4v) is 3.59. The van der Waals surface area contributed by atoms with Gasteiger partial charge in [-0.25, -0.2) is 9.37 Å². The molecule has 0 fully saturated rings. The number of halogens is 6. The summed E-state index contributed by atoms with van der Waals surface area (Å²) >= 11 is 12.4. The molecule has 4 rings (SSSR count). The molecule has 4 nitrogen and oxygen atoms in total. The Morgan fingerprint density at radius 3 is 2.39 bits per heavy atom. The highest BCUT2D eigenvalue weighted by Crippen LogP contribution is 2.35. The minimum absolute atomic E-state index is 0.158. The van der Waals surface area contributed by atoms with Gasteiger partial charge in [-0.05, 0) is 48.5 Å². The summed E-state index contributed by atoms with van der Waals surface area (Å²) in [5.74, 6) is -1.69. The van der Waals surface area contributed by atoms with Gasteiger partial charge in [0.25, 0.3) is 5.91 Å². The first-order valence-corrected chi connectivity index (χ1v) is 9.51. The molecule has 10 heteroatoms. The second-order valence-corrected chi connectivity index (χ2v) is 7.37. The number of aromatic nitrogens is 2. The van der Waals surface area contributed by atoms with E-state index in [1.165, 1.54) is 12.1 Å². The number of alkyl halides is 3. The number of imidazole rings is 1. The third-order valence-corrected chi connectivity index (χ3v) is 5.10. The molecule has 0 aliphatic heterocycles. The van der Waals surface area contributed by atoms with Crippen molar-refractivity contribution in [2.45, 2.75) is 6.18 Å². The van der Waals surface area contributed by atoms with E-state index in [0.717, 1.165) is 6.07 Å². The molecule has 158 valence electrons. The fourth-order valence-electron chi connectivity index (χ4n) is 3.02. The predicted octanol–water partition coefficient (Wildman–Crippen LogP) is 6.95. The number of fused-ring (bicyclic) bond motifs is 1. The Balaban J connectivity index is 1.64. The highest BCUT2D eigenvalue weighted by Gasteiger charge is 2.34. The van der Waals surface area contributed by atoms with Crippen LogP contribution in [0.5, 0.6) is 0 Å². The SMILES string of the molecule is O=C(Nc1ccc(F)c(C(F)(F)F)c1)c1ccc2nc(-c3c(Cl)cccc3Cl)[nH]c2c1. The summed E-state index contributed by atoms with van der Waals surface area (Å²) in [7, 11) is 0. The van der Waals surface area contributed by atoms with Crippen LogP contribution in [0.4, 0.5) is 23.2 Å². The van der Waals surface area contributed by atoms with Crippen molar-refractivity contribution in [2.75, 3.05) is 5.32 Å². The lowest BCUT2D eigenvalue weighted by Crippen LogP contribution is -2.14. The third-order valence-electron chi connectivity index (χ3n) is 4.47. The van der Waals surface area contributed by atoms with Gasteiger partial charge >= 0.3 is 6.18 Å². The van der Waals surface area contributed by atoms with Crippen LogP contribution in [-0.2, 0) is 6.18 Å². The molecule has 2 N–H and O–H groups in total. The molecule has 0 bridgehead atoms. The Kier molecular flexibility index (Phi) is 5.36.